The summed E-state index contributed by atoms with van der Waals surface area (Å²) >= 11 is 0. The summed E-state index contributed by atoms with van der Waals surface area (Å²) in [5, 5.41) is 3.30. The fourth-order valence-electron chi connectivity index (χ4n) is 2.37. The van der Waals surface area contributed by atoms with Crippen molar-refractivity contribution in [3.63, 3.8) is 0 Å². The summed E-state index contributed by atoms with van der Waals surface area (Å²) in [6.07, 6.45) is -3.24. The zero-order valence-corrected chi connectivity index (χ0v) is 11.2. The maximum Gasteiger partial charge on any atom is 0.416 e. The van der Waals surface area contributed by atoms with Gasteiger partial charge in [0.05, 0.1) is 5.56 Å². The number of benzene rings is 1. The lowest BCUT2D eigenvalue weighted by atomic mass is 10.2. The van der Waals surface area contributed by atoms with Crippen LogP contribution in [0.2, 0.25) is 0 Å². The SMILES string of the molecule is CC(C)N1CCC(Nc2ccc(C(F)(F)F)cc2)C1. The number of rotatable bonds is 3. The van der Waals surface area contributed by atoms with Crippen LogP contribution in [0.3, 0.4) is 0 Å². The van der Waals surface area contributed by atoms with Crippen molar-refractivity contribution < 1.29 is 13.2 Å². The van der Waals surface area contributed by atoms with Gasteiger partial charge in [0.25, 0.3) is 0 Å². The van der Waals surface area contributed by atoms with Gasteiger partial charge in [-0.1, -0.05) is 0 Å². The molecule has 0 radical (unpaired) electrons. The quantitative estimate of drug-likeness (QED) is 0.904. The van der Waals surface area contributed by atoms with E-state index in [0.29, 0.717) is 12.1 Å². The van der Waals surface area contributed by atoms with Crippen LogP contribution in [0.5, 0.6) is 0 Å². The molecule has 1 saturated heterocycles. The molecule has 0 spiro atoms. The van der Waals surface area contributed by atoms with Crippen LogP contribution >= 0.6 is 0 Å². The fourth-order valence-corrected chi connectivity index (χ4v) is 2.37. The standard InChI is InChI=1S/C14H19F3N2/c1-10(2)19-8-7-13(9-19)18-12-5-3-11(4-6-12)14(15,16)17/h3-6,10,13,18H,7-9H2,1-2H3. The van der Waals surface area contributed by atoms with E-state index in [1.165, 1.54) is 12.1 Å². The van der Waals surface area contributed by atoms with Gasteiger partial charge >= 0.3 is 6.18 Å². The number of nitrogens with zero attached hydrogens (tertiary/aromatic N) is 1. The Morgan fingerprint density at radius 2 is 1.84 bits per heavy atom. The van der Waals surface area contributed by atoms with E-state index >= 15 is 0 Å². The fraction of sp³-hybridized carbons (Fsp3) is 0.571. The largest absolute Gasteiger partial charge is 0.416 e. The molecule has 0 saturated carbocycles. The summed E-state index contributed by atoms with van der Waals surface area (Å²) in [6, 6.07) is 6.08. The molecule has 2 nitrogen and oxygen atoms in total. The molecule has 1 aliphatic rings. The van der Waals surface area contributed by atoms with E-state index in [0.717, 1.165) is 37.3 Å². The van der Waals surface area contributed by atoms with Crippen molar-refractivity contribution in [1.82, 2.24) is 4.90 Å². The van der Waals surface area contributed by atoms with Gasteiger partial charge in [-0.3, -0.25) is 4.90 Å². The van der Waals surface area contributed by atoms with Gasteiger partial charge in [0.15, 0.2) is 0 Å². The molecule has 0 aliphatic carbocycles. The number of hydrogen-bond donors (Lipinski definition) is 1. The molecule has 0 aromatic heterocycles. The number of likely N-dealkylation sites (tertiary alicyclic amines) is 1. The molecule has 1 unspecified atom stereocenters. The Labute approximate surface area is 111 Å². The molecule has 0 bridgehead atoms. The smallest absolute Gasteiger partial charge is 0.381 e. The van der Waals surface area contributed by atoms with E-state index in [1.807, 2.05) is 0 Å². The van der Waals surface area contributed by atoms with Crippen LogP contribution in [0, 0.1) is 0 Å². The zero-order chi connectivity index (χ0) is 14.0. The molecule has 19 heavy (non-hydrogen) atoms. The highest BCUT2D eigenvalue weighted by atomic mass is 19.4. The minimum Gasteiger partial charge on any atom is -0.381 e. The number of anilines is 1. The molecule has 1 atom stereocenters. The van der Waals surface area contributed by atoms with Gasteiger partial charge in [-0.2, -0.15) is 13.2 Å². The second-order valence-corrected chi connectivity index (χ2v) is 5.29. The lowest BCUT2D eigenvalue weighted by Gasteiger charge is -2.21. The summed E-state index contributed by atoms with van der Waals surface area (Å²) in [7, 11) is 0. The molecule has 1 heterocycles. The third-order valence-corrected chi connectivity index (χ3v) is 3.53. The number of alkyl halides is 3. The predicted octanol–water partition coefficient (Wildman–Crippen LogP) is 3.60. The maximum absolute atomic E-state index is 12.4. The van der Waals surface area contributed by atoms with Crippen molar-refractivity contribution in [2.24, 2.45) is 0 Å². The zero-order valence-electron chi connectivity index (χ0n) is 11.2. The van der Waals surface area contributed by atoms with Crippen LogP contribution in [0.25, 0.3) is 0 Å². The van der Waals surface area contributed by atoms with Crippen molar-refractivity contribution in [3.05, 3.63) is 29.8 Å². The van der Waals surface area contributed by atoms with Crippen molar-refractivity contribution in [2.45, 2.75) is 38.5 Å². The van der Waals surface area contributed by atoms with Crippen LogP contribution < -0.4 is 5.32 Å². The highest BCUT2D eigenvalue weighted by Gasteiger charge is 2.30. The lowest BCUT2D eigenvalue weighted by molar-refractivity contribution is -0.137. The van der Waals surface area contributed by atoms with Gasteiger partial charge in [0.2, 0.25) is 0 Å². The molecule has 5 heteroatoms. The Morgan fingerprint density at radius 1 is 1.21 bits per heavy atom. The molecule has 1 aromatic carbocycles. The molecule has 1 aromatic rings. The number of halogens is 3. The minimum atomic E-state index is -4.26. The lowest BCUT2D eigenvalue weighted by Crippen LogP contribution is -2.31. The van der Waals surface area contributed by atoms with E-state index < -0.39 is 11.7 Å². The number of nitrogens with one attached hydrogen (secondary N) is 1. The molecule has 106 valence electrons. The topological polar surface area (TPSA) is 15.3 Å². The first-order valence-electron chi connectivity index (χ1n) is 6.54. The first kappa shape index (κ1) is 14.2. The Morgan fingerprint density at radius 3 is 2.32 bits per heavy atom. The molecular formula is C14H19F3N2. The normalized spacial score (nSPS) is 21.1. The third kappa shape index (κ3) is 3.62. The van der Waals surface area contributed by atoms with E-state index in [2.05, 4.69) is 24.1 Å². The Balaban J connectivity index is 1.94. The Bertz CT molecular complexity index is 412. The van der Waals surface area contributed by atoms with Crippen molar-refractivity contribution in [2.75, 3.05) is 18.4 Å². The van der Waals surface area contributed by atoms with Crippen LogP contribution in [0.15, 0.2) is 24.3 Å². The summed E-state index contributed by atoms with van der Waals surface area (Å²) in [5.74, 6) is 0. The average molecular weight is 272 g/mol. The third-order valence-electron chi connectivity index (χ3n) is 3.53. The highest BCUT2D eigenvalue weighted by Crippen LogP contribution is 2.30. The summed E-state index contributed by atoms with van der Waals surface area (Å²) < 4.78 is 37.3. The van der Waals surface area contributed by atoms with Gasteiger partial charge < -0.3 is 5.32 Å². The van der Waals surface area contributed by atoms with Gasteiger partial charge in [-0.15, -0.1) is 0 Å². The molecule has 1 fully saturated rings. The van der Waals surface area contributed by atoms with Crippen LogP contribution in [-0.4, -0.2) is 30.1 Å². The summed E-state index contributed by atoms with van der Waals surface area (Å²) in [4.78, 5) is 2.36. The Hall–Kier alpha value is -1.23. The molecule has 1 N–H and O–H groups in total. The van der Waals surface area contributed by atoms with E-state index in [9.17, 15) is 13.2 Å². The molecule has 2 rings (SSSR count). The molecule has 0 amide bonds. The van der Waals surface area contributed by atoms with Crippen molar-refractivity contribution >= 4 is 5.69 Å². The van der Waals surface area contributed by atoms with Crippen molar-refractivity contribution in [1.29, 1.82) is 0 Å². The van der Waals surface area contributed by atoms with Gasteiger partial charge in [-0.25, -0.2) is 0 Å². The second kappa shape index (κ2) is 5.41. The Kier molecular flexibility index (Phi) is 4.04. The van der Waals surface area contributed by atoms with E-state index in [1.54, 1.807) is 0 Å². The summed E-state index contributed by atoms with van der Waals surface area (Å²) in [5.41, 5.74) is 0.150. The van der Waals surface area contributed by atoms with Gasteiger partial charge in [0, 0.05) is 30.9 Å². The first-order chi connectivity index (χ1) is 8.86. The van der Waals surface area contributed by atoms with Gasteiger partial charge in [0.1, 0.15) is 0 Å². The van der Waals surface area contributed by atoms with Crippen LogP contribution in [0.4, 0.5) is 18.9 Å². The minimum absolute atomic E-state index is 0.319. The predicted molar refractivity (Wildman–Crippen MR) is 70.2 cm³/mol. The molecule has 1 aliphatic heterocycles. The first-order valence-corrected chi connectivity index (χ1v) is 6.54. The monoisotopic (exact) mass is 272 g/mol. The highest BCUT2D eigenvalue weighted by molar-refractivity contribution is 5.46. The maximum atomic E-state index is 12.4. The van der Waals surface area contributed by atoms with Crippen LogP contribution in [0.1, 0.15) is 25.8 Å². The van der Waals surface area contributed by atoms with Crippen LogP contribution in [-0.2, 0) is 6.18 Å². The van der Waals surface area contributed by atoms with Crippen molar-refractivity contribution in [3.8, 4) is 0 Å². The van der Waals surface area contributed by atoms with E-state index in [-0.39, 0.29) is 0 Å². The van der Waals surface area contributed by atoms with E-state index in [4.69, 9.17) is 0 Å². The average Bonchev–Trinajstić information content (AvgIpc) is 2.77. The molecular weight excluding hydrogens is 253 g/mol. The summed E-state index contributed by atoms with van der Waals surface area (Å²) in [6.45, 7) is 6.29. The van der Waals surface area contributed by atoms with Gasteiger partial charge in [-0.05, 0) is 44.5 Å². The second-order valence-electron chi connectivity index (χ2n) is 5.29. The number of hydrogen-bond acceptors (Lipinski definition) is 2.